The van der Waals surface area contributed by atoms with Crippen LogP contribution in [0.1, 0.15) is 180 Å². The molecule has 0 atom stereocenters. The van der Waals surface area contributed by atoms with E-state index in [-0.39, 0.29) is 58.2 Å². The fourth-order valence-electron chi connectivity index (χ4n) is 0. The Kier molecular flexibility index (Phi) is 8920. The molecule has 37 heavy (non-hydrogen) atoms. The molecule has 0 amide bonds. The number of rotatable bonds is 0. The van der Waals surface area contributed by atoms with Crippen molar-refractivity contribution < 1.29 is 21.1 Å². The monoisotopic (exact) mass is 720 g/mol. The largest absolute Gasteiger partial charge is 4.00 e. The molecule has 0 heterocycles. The van der Waals surface area contributed by atoms with Gasteiger partial charge in [-0.25, -0.2) is 0 Å². The molecule has 0 nitrogen and oxygen atoms in total. The van der Waals surface area contributed by atoms with Crippen LogP contribution in [0.2, 0.25) is 0 Å². The Morgan fingerprint density at radius 1 is 0.405 bits per heavy atom. The standard InChI is InChI=1S/C4H6.2C3H8.C3H4.8C2H6.C2H2.CH4.4CH3.Pt/c1-3-4-2;3*1-3-2;9*1-2;;;;;;/h1-2H3;2*3H2,1-2H3;1H,2H3;8*1-2H3;1-2H;1H4;4*1H3;/q;;;;;;;;;;;;;;4*-1;+4. The maximum atomic E-state index is 4.60. The molecule has 1 heteroatoms. The molecule has 0 aliphatic rings. The van der Waals surface area contributed by atoms with E-state index >= 15 is 0 Å². The van der Waals surface area contributed by atoms with Gasteiger partial charge in [-0.15, -0.1) is 37.0 Å². The van der Waals surface area contributed by atoms with Crippen molar-refractivity contribution >= 4 is 0 Å². The third-order valence-corrected chi connectivity index (χ3v) is 0.250. The van der Waals surface area contributed by atoms with Gasteiger partial charge in [0.15, 0.2) is 0 Å². The molecule has 0 aliphatic carbocycles. The first-order chi connectivity index (χ1) is 15.2. The third-order valence-electron chi connectivity index (χ3n) is 0.250. The van der Waals surface area contributed by atoms with Gasteiger partial charge in [-0.05, 0) is 20.8 Å². The zero-order chi connectivity index (χ0) is 29.5. The van der Waals surface area contributed by atoms with E-state index in [0.29, 0.717) is 0 Å². The first-order valence-corrected chi connectivity index (χ1v) is 13.2. The van der Waals surface area contributed by atoms with Crippen molar-refractivity contribution in [1.82, 2.24) is 0 Å². The molecule has 0 saturated heterocycles. The van der Waals surface area contributed by atoms with E-state index in [1.165, 1.54) is 12.8 Å². The molecule has 0 aliphatic heterocycles. The summed E-state index contributed by atoms with van der Waals surface area (Å²) in [4.78, 5) is 0. The van der Waals surface area contributed by atoms with Crippen molar-refractivity contribution in [3.8, 4) is 37.0 Å². The number of terminal acetylenes is 2. The molecule has 246 valence electrons. The molecule has 0 saturated carbocycles. The summed E-state index contributed by atoms with van der Waals surface area (Å²) in [6.07, 6.45) is 15.1. The summed E-state index contributed by atoms with van der Waals surface area (Å²) in [7, 11) is 0. The van der Waals surface area contributed by atoms with Crippen LogP contribution in [-0.2, 0) is 21.1 Å². The average Bonchev–Trinajstić information content (AvgIpc) is 2.91. The smallest absolute Gasteiger partial charge is 0.358 e. The summed E-state index contributed by atoms with van der Waals surface area (Å²) in [5, 5.41) is 0. The molecular weight excluding hydrogens is 627 g/mol. The predicted octanol–water partition coefficient (Wildman–Crippen LogP) is 15.4. The first kappa shape index (κ1) is 151. The van der Waals surface area contributed by atoms with E-state index in [1.807, 2.05) is 125 Å². The molecule has 0 spiro atoms. The van der Waals surface area contributed by atoms with Gasteiger partial charge < -0.3 is 29.7 Å². The minimum Gasteiger partial charge on any atom is -0.358 e. The van der Waals surface area contributed by atoms with Crippen LogP contribution in [0, 0.1) is 66.7 Å². The van der Waals surface area contributed by atoms with E-state index in [0.717, 1.165) is 0 Å². The first-order valence-electron chi connectivity index (χ1n) is 13.2. The van der Waals surface area contributed by atoms with E-state index in [4.69, 9.17) is 0 Å². The van der Waals surface area contributed by atoms with Crippen LogP contribution >= 0.6 is 0 Å². The van der Waals surface area contributed by atoms with Gasteiger partial charge >= 0.3 is 21.1 Å². The molecule has 0 fully saturated rings. The Morgan fingerprint density at radius 2 is 0.432 bits per heavy atom. The van der Waals surface area contributed by atoms with Crippen LogP contribution < -0.4 is 0 Å². The second-order valence-corrected chi connectivity index (χ2v) is 2.20. The molecule has 0 aromatic heterocycles. The van der Waals surface area contributed by atoms with Gasteiger partial charge in [-0.3, -0.25) is 0 Å². The van der Waals surface area contributed by atoms with E-state index < -0.39 is 0 Å². The Balaban J connectivity index is -0.00000000555. The minimum absolute atomic E-state index is 0. The zero-order valence-corrected chi connectivity index (χ0v) is 34.2. The molecule has 0 aromatic rings. The molecule has 0 rings (SSSR count). The number of hydrogen-bond donors (Lipinski definition) is 0. The van der Waals surface area contributed by atoms with Crippen LogP contribution in [0.3, 0.4) is 0 Å². The summed E-state index contributed by atoms with van der Waals surface area (Å²) < 4.78 is 0. The second kappa shape index (κ2) is 2190. The maximum absolute atomic E-state index is 4.60. The van der Waals surface area contributed by atoms with Crippen LogP contribution in [0.15, 0.2) is 0 Å². The van der Waals surface area contributed by atoms with Crippen molar-refractivity contribution in [3.63, 3.8) is 0 Å². The van der Waals surface area contributed by atoms with Gasteiger partial charge in [0.05, 0.1) is 0 Å². The van der Waals surface area contributed by atoms with Crippen LogP contribution in [0.25, 0.3) is 0 Å². The van der Waals surface area contributed by atoms with Crippen molar-refractivity contribution in [3.05, 3.63) is 29.7 Å². The SMILES string of the molecule is C.C#C.C#CC.CC.CC.CC.CC.CC.CC.CC.CC.CC#CC.CCC.CCC.[CH3-].[CH3-].[CH3-].[CH3-].[Pt+4]. The third kappa shape index (κ3) is 290000. The minimum atomic E-state index is 0. The van der Waals surface area contributed by atoms with Crippen molar-refractivity contribution in [2.75, 3.05) is 0 Å². The maximum Gasteiger partial charge on any atom is 4.00 e. The van der Waals surface area contributed by atoms with Crippen molar-refractivity contribution in [2.45, 2.75) is 180 Å². The molecule has 0 radical (unpaired) electrons. The Bertz CT molecular complexity index is 143. The van der Waals surface area contributed by atoms with Gasteiger partial charge in [0.25, 0.3) is 0 Å². The van der Waals surface area contributed by atoms with Crippen LogP contribution in [0.4, 0.5) is 0 Å². The van der Waals surface area contributed by atoms with Gasteiger partial charge in [-0.1, -0.05) is 159 Å². The van der Waals surface area contributed by atoms with Crippen molar-refractivity contribution in [1.29, 1.82) is 0 Å². The Morgan fingerprint density at radius 3 is 0.432 bits per heavy atom. The normalized spacial score (nSPS) is 2.92. The Labute approximate surface area is 266 Å². The van der Waals surface area contributed by atoms with E-state index in [1.54, 1.807) is 6.92 Å². The Hall–Kier alpha value is -0.632. The number of hydrogen-bond acceptors (Lipinski definition) is 0. The second-order valence-electron chi connectivity index (χ2n) is 2.20. The molecule has 0 bridgehead atoms. The molecular formula is C36H92Pt. The summed E-state index contributed by atoms with van der Waals surface area (Å²) in [6.45, 7) is 45.8. The predicted molar refractivity (Wildman–Crippen MR) is 199 cm³/mol. The van der Waals surface area contributed by atoms with E-state index in [9.17, 15) is 0 Å². The fourth-order valence-corrected chi connectivity index (χ4v) is 0. The zero-order valence-electron chi connectivity index (χ0n) is 32.0. The van der Waals surface area contributed by atoms with E-state index in [2.05, 4.69) is 64.7 Å². The van der Waals surface area contributed by atoms with Crippen LogP contribution in [0.5, 0.6) is 0 Å². The molecule has 0 aromatic carbocycles. The average molecular weight is 720 g/mol. The summed E-state index contributed by atoms with van der Waals surface area (Å²) in [6, 6.07) is 0. The topological polar surface area (TPSA) is 0 Å². The summed E-state index contributed by atoms with van der Waals surface area (Å²) in [5.74, 6) is 7.61. The van der Waals surface area contributed by atoms with Gasteiger partial charge in [0, 0.05) is 0 Å². The fraction of sp³-hybridized carbons (Fsp3) is 0.722. The molecule has 0 unspecified atom stereocenters. The van der Waals surface area contributed by atoms with Gasteiger partial charge in [0.1, 0.15) is 0 Å². The van der Waals surface area contributed by atoms with Gasteiger partial charge in [-0.2, -0.15) is 0 Å². The summed E-state index contributed by atoms with van der Waals surface area (Å²) in [5.41, 5.74) is 0. The summed E-state index contributed by atoms with van der Waals surface area (Å²) >= 11 is 0. The van der Waals surface area contributed by atoms with Crippen LogP contribution in [-0.4, -0.2) is 0 Å². The quantitative estimate of drug-likeness (QED) is 0.173. The van der Waals surface area contributed by atoms with Gasteiger partial charge in [0.2, 0.25) is 0 Å². The van der Waals surface area contributed by atoms with Crippen molar-refractivity contribution in [2.24, 2.45) is 0 Å². The molecule has 0 N–H and O–H groups in total.